The molecule has 0 aromatic carbocycles. The Hall–Kier alpha value is -0.0800. The second-order valence-corrected chi connectivity index (χ2v) is 6.92. The number of rotatable bonds is 9. The zero-order valence-electron chi connectivity index (χ0n) is 12.5. The molecule has 2 saturated carbocycles. The minimum atomic E-state index is 0.560. The highest BCUT2D eigenvalue weighted by Gasteiger charge is 2.53. The van der Waals surface area contributed by atoms with Gasteiger partial charge in [-0.15, -0.1) is 0 Å². The largest absolute Gasteiger partial charge is 0.381 e. The Morgan fingerprint density at radius 1 is 1.22 bits per heavy atom. The quantitative estimate of drug-likeness (QED) is 0.634. The topological polar surface area (TPSA) is 21.3 Å². The summed E-state index contributed by atoms with van der Waals surface area (Å²) >= 11 is 0. The van der Waals surface area contributed by atoms with E-state index in [1.54, 1.807) is 0 Å². The predicted molar refractivity (Wildman–Crippen MR) is 76.7 cm³/mol. The van der Waals surface area contributed by atoms with Crippen LogP contribution >= 0.6 is 0 Å². The Kier molecular flexibility index (Phi) is 5.08. The van der Waals surface area contributed by atoms with Gasteiger partial charge in [-0.05, 0) is 49.4 Å². The molecule has 0 radical (unpaired) electrons. The van der Waals surface area contributed by atoms with Crippen LogP contribution in [0, 0.1) is 17.3 Å². The fourth-order valence-corrected chi connectivity index (χ4v) is 3.50. The van der Waals surface area contributed by atoms with Crippen LogP contribution in [0.5, 0.6) is 0 Å². The molecule has 0 amide bonds. The maximum Gasteiger partial charge on any atom is 0.0471 e. The molecule has 2 aliphatic carbocycles. The summed E-state index contributed by atoms with van der Waals surface area (Å²) in [5.41, 5.74) is 0.560. The van der Waals surface area contributed by atoms with E-state index in [2.05, 4.69) is 26.1 Å². The van der Waals surface area contributed by atoms with Crippen molar-refractivity contribution in [2.24, 2.45) is 17.3 Å². The van der Waals surface area contributed by atoms with Crippen molar-refractivity contribution in [1.82, 2.24) is 5.32 Å². The molecule has 0 aromatic rings. The molecule has 0 saturated heterocycles. The van der Waals surface area contributed by atoms with Crippen LogP contribution in [0.4, 0.5) is 0 Å². The third kappa shape index (κ3) is 3.96. The first kappa shape index (κ1) is 14.3. The molecule has 2 unspecified atom stereocenters. The maximum absolute atomic E-state index is 5.79. The first-order valence-corrected chi connectivity index (χ1v) is 7.96. The van der Waals surface area contributed by atoms with Crippen LogP contribution in [0.2, 0.25) is 0 Å². The van der Waals surface area contributed by atoms with E-state index >= 15 is 0 Å². The van der Waals surface area contributed by atoms with E-state index in [0.29, 0.717) is 11.5 Å². The van der Waals surface area contributed by atoms with Gasteiger partial charge in [-0.25, -0.2) is 0 Å². The summed E-state index contributed by atoms with van der Waals surface area (Å²) in [5.74, 6) is 2.13. The van der Waals surface area contributed by atoms with Gasteiger partial charge in [0.25, 0.3) is 0 Å². The summed E-state index contributed by atoms with van der Waals surface area (Å²) in [6.07, 6.45) is 8.14. The van der Waals surface area contributed by atoms with Gasteiger partial charge in [0.2, 0.25) is 0 Å². The predicted octanol–water partition coefficient (Wildman–Crippen LogP) is 3.61. The third-order valence-electron chi connectivity index (χ3n) is 4.76. The van der Waals surface area contributed by atoms with Gasteiger partial charge in [-0.1, -0.05) is 27.2 Å². The van der Waals surface area contributed by atoms with E-state index in [1.807, 2.05) is 0 Å². The number of hydrogen-bond acceptors (Lipinski definition) is 2. The van der Waals surface area contributed by atoms with Crippen LogP contribution in [-0.2, 0) is 4.74 Å². The summed E-state index contributed by atoms with van der Waals surface area (Å²) in [6.45, 7) is 9.86. The lowest BCUT2D eigenvalue weighted by Gasteiger charge is -2.32. The molecule has 2 aliphatic rings. The van der Waals surface area contributed by atoms with Gasteiger partial charge in [0, 0.05) is 25.8 Å². The summed E-state index contributed by atoms with van der Waals surface area (Å²) in [4.78, 5) is 0. The van der Waals surface area contributed by atoms with Crippen LogP contribution in [0.1, 0.15) is 59.3 Å². The number of fused-ring (bicyclic) bond motifs is 1. The number of hydrogen-bond donors (Lipinski definition) is 1. The van der Waals surface area contributed by atoms with E-state index < -0.39 is 0 Å². The van der Waals surface area contributed by atoms with Gasteiger partial charge in [-0.2, -0.15) is 0 Å². The molecule has 0 aliphatic heterocycles. The fraction of sp³-hybridized carbons (Fsp3) is 1.00. The van der Waals surface area contributed by atoms with Crippen molar-refractivity contribution in [3.05, 3.63) is 0 Å². The molecule has 18 heavy (non-hydrogen) atoms. The van der Waals surface area contributed by atoms with Gasteiger partial charge in [0.15, 0.2) is 0 Å². The average molecular weight is 253 g/mol. The smallest absolute Gasteiger partial charge is 0.0471 e. The molecule has 2 nitrogen and oxygen atoms in total. The average Bonchev–Trinajstić information content (AvgIpc) is 2.95. The van der Waals surface area contributed by atoms with Crippen LogP contribution in [0.25, 0.3) is 0 Å². The molecule has 0 bridgehead atoms. The van der Waals surface area contributed by atoms with Crippen LogP contribution in [-0.4, -0.2) is 25.8 Å². The second-order valence-electron chi connectivity index (χ2n) is 6.92. The first-order valence-electron chi connectivity index (χ1n) is 7.96. The van der Waals surface area contributed by atoms with Crippen molar-refractivity contribution >= 4 is 0 Å². The zero-order valence-corrected chi connectivity index (χ0v) is 12.5. The zero-order chi connectivity index (χ0) is 13.0. The summed E-state index contributed by atoms with van der Waals surface area (Å²) < 4.78 is 5.79. The maximum atomic E-state index is 5.79. The third-order valence-corrected chi connectivity index (χ3v) is 4.76. The molecule has 2 atom stereocenters. The van der Waals surface area contributed by atoms with Crippen molar-refractivity contribution in [1.29, 1.82) is 0 Å². The molecule has 0 heterocycles. The summed E-state index contributed by atoms with van der Waals surface area (Å²) in [5, 5.41) is 3.67. The molecular weight excluding hydrogens is 222 g/mol. The highest BCUT2D eigenvalue weighted by molar-refractivity contribution is 5.04. The molecule has 2 fully saturated rings. The van der Waals surface area contributed by atoms with Crippen molar-refractivity contribution in [2.75, 3.05) is 19.8 Å². The van der Waals surface area contributed by atoms with E-state index in [1.165, 1.54) is 45.1 Å². The van der Waals surface area contributed by atoms with Gasteiger partial charge in [-0.3, -0.25) is 0 Å². The molecule has 106 valence electrons. The Labute approximate surface area is 113 Å². The van der Waals surface area contributed by atoms with Crippen molar-refractivity contribution in [3.63, 3.8) is 0 Å². The first-order chi connectivity index (χ1) is 8.65. The Morgan fingerprint density at radius 3 is 2.56 bits per heavy atom. The lowest BCUT2D eigenvalue weighted by molar-refractivity contribution is 0.0862. The summed E-state index contributed by atoms with van der Waals surface area (Å²) in [6, 6.07) is 0.611. The molecular formula is C16H31NO. The van der Waals surface area contributed by atoms with Crippen LogP contribution in [0.15, 0.2) is 0 Å². The van der Waals surface area contributed by atoms with E-state index in [-0.39, 0.29) is 0 Å². The van der Waals surface area contributed by atoms with E-state index in [4.69, 9.17) is 4.74 Å². The molecule has 1 N–H and O–H groups in total. The van der Waals surface area contributed by atoms with Crippen LogP contribution in [0.3, 0.4) is 0 Å². The standard InChI is InChI=1S/C16H31NO/c1-4-5-7-18-8-6-16(12-17-13(2)3)10-14-9-15(14)11-16/h13-15,17H,4-12H2,1-3H3. The summed E-state index contributed by atoms with van der Waals surface area (Å²) in [7, 11) is 0. The molecule has 2 heteroatoms. The monoisotopic (exact) mass is 253 g/mol. The van der Waals surface area contributed by atoms with Crippen molar-refractivity contribution < 1.29 is 4.74 Å². The highest BCUT2D eigenvalue weighted by Crippen LogP contribution is 2.60. The Bertz CT molecular complexity index is 241. The number of unbranched alkanes of at least 4 members (excludes halogenated alkanes) is 1. The Morgan fingerprint density at radius 2 is 1.94 bits per heavy atom. The number of ether oxygens (including phenoxy) is 1. The number of nitrogens with one attached hydrogen (secondary N) is 1. The lowest BCUT2D eigenvalue weighted by Crippen LogP contribution is -2.37. The second kappa shape index (κ2) is 6.38. The normalized spacial score (nSPS) is 34.0. The molecule has 2 rings (SSSR count). The Balaban J connectivity index is 1.71. The van der Waals surface area contributed by atoms with Gasteiger partial charge in [0.1, 0.15) is 0 Å². The molecule has 0 spiro atoms. The van der Waals surface area contributed by atoms with Gasteiger partial charge >= 0.3 is 0 Å². The lowest BCUT2D eigenvalue weighted by atomic mass is 9.79. The van der Waals surface area contributed by atoms with E-state index in [9.17, 15) is 0 Å². The SMILES string of the molecule is CCCCOCCC1(CNC(C)C)CC2CC2C1. The molecule has 0 aromatic heterocycles. The van der Waals surface area contributed by atoms with Crippen molar-refractivity contribution in [2.45, 2.75) is 65.3 Å². The highest BCUT2D eigenvalue weighted by atomic mass is 16.5. The fourth-order valence-electron chi connectivity index (χ4n) is 3.50. The van der Waals surface area contributed by atoms with Crippen molar-refractivity contribution in [3.8, 4) is 0 Å². The van der Waals surface area contributed by atoms with Gasteiger partial charge in [0.05, 0.1) is 0 Å². The van der Waals surface area contributed by atoms with E-state index in [0.717, 1.165) is 25.0 Å². The van der Waals surface area contributed by atoms with Crippen LogP contribution < -0.4 is 5.32 Å². The van der Waals surface area contributed by atoms with Gasteiger partial charge < -0.3 is 10.1 Å². The minimum absolute atomic E-state index is 0.560. The minimum Gasteiger partial charge on any atom is -0.381 e.